The first-order chi connectivity index (χ1) is 7.63. The highest BCUT2D eigenvalue weighted by molar-refractivity contribution is 5.68. The zero-order chi connectivity index (χ0) is 11.7. The van der Waals surface area contributed by atoms with Crippen LogP contribution in [0.3, 0.4) is 0 Å². The topological polar surface area (TPSA) is 43.8 Å². The van der Waals surface area contributed by atoms with Gasteiger partial charge in [0.05, 0.1) is 5.69 Å². The van der Waals surface area contributed by atoms with Gasteiger partial charge in [-0.1, -0.05) is 31.2 Å². The molecule has 0 saturated carbocycles. The molecule has 1 aromatic carbocycles. The van der Waals surface area contributed by atoms with Crippen molar-refractivity contribution in [1.82, 2.24) is 9.78 Å². The molecule has 2 rings (SSSR count). The lowest BCUT2D eigenvalue weighted by molar-refractivity contribution is 0.782. The number of hydrogen-bond acceptors (Lipinski definition) is 2. The molecule has 1 aromatic heterocycles. The summed E-state index contributed by atoms with van der Waals surface area (Å²) < 4.78 is 1.72. The predicted octanol–water partition coefficient (Wildman–Crippen LogP) is 2.54. The van der Waals surface area contributed by atoms with E-state index in [-0.39, 0.29) is 0 Å². The number of aromatic nitrogens is 2. The molecular weight excluding hydrogens is 198 g/mol. The van der Waals surface area contributed by atoms with Gasteiger partial charge in [0.1, 0.15) is 5.82 Å². The van der Waals surface area contributed by atoms with Gasteiger partial charge in [0.15, 0.2) is 0 Å². The molecule has 0 amide bonds. The van der Waals surface area contributed by atoms with Gasteiger partial charge in [0, 0.05) is 18.2 Å². The van der Waals surface area contributed by atoms with Crippen LogP contribution in [0.4, 0.5) is 5.82 Å². The van der Waals surface area contributed by atoms with Crippen LogP contribution in [-0.4, -0.2) is 9.78 Å². The van der Waals surface area contributed by atoms with Crippen molar-refractivity contribution in [3.8, 4) is 11.3 Å². The van der Waals surface area contributed by atoms with E-state index in [0.717, 1.165) is 29.1 Å². The Morgan fingerprint density at radius 3 is 2.31 bits per heavy atom. The second-order valence-electron chi connectivity index (χ2n) is 4.03. The fourth-order valence-corrected chi connectivity index (χ4v) is 1.82. The molecule has 0 spiro atoms. The van der Waals surface area contributed by atoms with Crippen LogP contribution in [-0.2, 0) is 13.5 Å². The van der Waals surface area contributed by atoms with Crippen LogP contribution in [0.15, 0.2) is 24.3 Å². The molecule has 84 valence electrons. The maximum absolute atomic E-state index is 5.90. The Morgan fingerprint density at radius 1 is 1.25 bits per heavy atom. The molecule has 0 aliphatic heterocycles. The number of rotatable bonds is 2. The van der Waals surface area contributed by atoms with Crippen molar-refractivity contribution in [2.75, 3.05) is 5.73 Å². The third-order valence-electron chi connectivity index (χ3n) is 2.97. The van der Waals surface area contributed by atoms with Crippen LogP contribution in [0.25, 0.3) is 11.3 Å². The monoisotopic (exact) mass is 215 g/mol. The number of nitrogens with zero attached hydrogens (tertiary/aromatic N) is 2. The Hall–Kier alpha value is -1.77. The Labute approximate surface area is 95.9 Å². The zero-order valence-corrected chi connectivity index (χ0v) is 9.99. The van der Waals surface area contributed by atoms with Crippen molar-refractivity contribution < 1.29 is 0 Å². The van der Waals surface area contributed by atoms with Crippen molar-refractivity contribution in [2.24, 2.45) is 7.05 Å². The molecule has 0 bridgehead atoms. The summed E-state index contributed by atoms with van der Waals surface area (Å²) in [4.78, 5) is 0. The number of hydrogen-bond donors (Lipinski definition) is 1. The average molecular weight is 215 g/mol. The highest BCUT2D eigenvalue weighted by Gasteiger charge is 2.10. The van der Waals surface area contributed by atoms with Gasteiger partial charge in [-0.05, 0) is 18.9 Å². The van der Waals surface area contributed by atoms with Crippen LogP contribution in [0, 0.1) is 6.92 Å². The first kappa shape index (κ1) is 10.7. The van der Waals surface area contributed by atoms with Crippen molar-refractivity contribution in [1.29, 1.82) is 0 Å². The van der Waals surface area contributed by atoms with Crippen LogP contribution in [0.1, 0.15) is 18.1 Å². The van der Waals surface area contributed by atoms with Crippen LogP contribution in [0.5, 0.6) is 0 Å². The SMILES string of the molecule is CCc1ccc(-c2nn(C)c(N)c2C)cc1. The molecule has 0 radical (unpaired) electrons. The maximum atomic E-state index is 5.90. The van der Waals surface area contributed by atoms with E-state index in [1.54, 1.807) is 4.68 Å². The lowest BCUT2D eigenvalue weighted by atomic mass is 10.1. The predicted molar refractivity (Wildman–Crippen MR) is 67.2 cm³/mol. The van der Waals surface area contributed by atoms with E-state index in [1.807, 2.05) is 14.0 Å². The van der Waals surface area contributed by atoms with E-state index in [1.165, 1.54) is 5.56 Å². The summed E-state index contributed by atoms with van der Waals surface area (Å²) in [6.07, 6.45) is 1.06. The van der Waals surface area contributed by atoms with E-state index >= 15 is 0 Å². The quantitative estimate of drug-likeness (QED) is 0.836. The molecule has 3 heteroatoms. The van der Waals surface area contributed by atoms with E-state index in [2.05, 4.69) is 36.3 Å². The fraction of sp³-hybridized carbons (Fsp3) is 0.308. The number of nitrogen functional groups attached to an aromatic ring is 1. The second kappa shape index (κ2) is 4.00. The third kappa shape index (κ3) is 1.69. The highest BCUT2D eigenvalue weighted by Crippen LogP contribution is 2.25. The van der Waals surface area contributed by atoms with Gasteiger partial charge in [-0.15, -0.1) is 0 Å². The summed E-state index contributed by atoms with van der Waals surface area (Å²) in [6, 6.07) is 8.49. The highest BCUT2D eigenvalue weighted by atomic mass is 15.3. The smallest absolute Gasteiger partial charge is 0.124 e. The standard InChI is InChI=1S/C13H17N3/c1-4-10-5-7-11(8-6-10)12-9(2)13(14)16(3)15-12/h5-8H,4,14H2,1-3H3. The minimum atomic E-state index is 0.731. The molecule has 2 N–H and O–H groups in total. The lowest BCUT2D eigenvalue weighted by Crippen LogP contribution is -1.97. The van der Waals surface area contributed by atoms with Crippen molar-refractivity contribution in [2.45, 2.75) is 20.3 Å². The number of nitrogens with two attached hydrogens (primary N) is 1. The summed E-state index contributed by atoms with van der Waals surface area (Å²) in [7, 11) is 1.87. The molecule has 0 unspecified atom stereocenters. The Morgan fingerprint density at radius 2 is 1.88 bits per heavy atom. The summed E-state index contributed by atoms with van der Waals surface area (Å²) in [5.74, 6) is 0.731. The van der Waals surface area contributed by atoms with Crippen molar-refractivity contribution >= 4 is 5.82 Å². The normalized spacial score (nSPS) is 10.7. The number of aryl methyl sites for hydroxylation is 2. The maximum Gasteiger partial charge on any atom is 0.124 e. The fourth-order valence-electron chi connectivity index (χ4n) is 1.82. The molecular formula is C13H17N3. The van der Waals surface area contributed by atoms with Crippen LogP contribution in [0.2, 0.25) is 0 Å². The number of anilines is 1. The van der Waals surface area contributed by atoms with Crippen LogP contribution >= 0.6 is 0 Å². The Kier molecular flexibility index (Phi) is 2.69. The summed E-state index contributed by atoms with van der Waals surface area (Å²) in [5, 5.41) is 4.43. The Bertz CT molecular complexity index is 495. The molecule has 0 saturated heterocycles. The van der Waals surface area contributed by atoms with Gasteiger partial charge in [-0.2, -0.15) is 5.10 Å². The van der Waals surface area contributed by atoms with Gasteiger partial charge < -0.3 is 5.73 Å². The first-order valence-electron chi connectivity index (χ1n) is 5.52. The van der Waals surface area contributed by atoms with Crippen molar-refractivity contribution in [3.05, 3.63) is 35.4 Å². The van der Waals surface area contributed by atoms with E-state index in [9.17, 15) is 0 Å². The minimum Gasteiger partial charge on any atom is -0.384 e. The van der Waals surface area contributed by atoms with Gasteiger partial charge in [-0.3, -0.25) is 4.68 Å². The first-order valence-corrected chi connectivity index (χ1v) is 5.52. The molecule has 0 aliphatic rings. The molecule has 16 heavy (non-hydrogen) atoms. The summed E-state index contributed by atoms with van der Waals surface area (Å²) in [6.45, 7) is 4.16. The summed E-state index contributed by atoms with van der Waals surface area (Å²) >= 11 is 0. The average Bonchev–Trinajstić information content (AvgIpc) is 2.57. The third-order valence-corrected chi connectivity index (χ3v) is 2.97. The lowest BCUT2D eigenvalue weighted by Gasteiger charge is -2.00. The van der Waals surface area contributed by atoms with Gasteiger partial charge >= 0.3 is 0 Å². The largest absolute Gasteiger partial charge is 0.384 e. The number of benzene rings is 1. The van der Waals surface area contributed by atoms with Gasteiger partial charge in [0.2, 0.25) is 0 Å². The molecule has 3 nitrogen and oxygen atoms in total. The van der Waals surface area contributed by atoms with E-state index < -0.39 is 0 Å². The molecule has 0 fully saturated rings. The Balaban J connectivity index is 2.46. The molecule has 2 aromatic rings. The minimum absolute atomic E-state index is 0.731. The molecule has 1 heterocycles. The summed E-state index contributed by atoms with van der Waals surface area (Å²) in [5.41, 5.74) is 10.4. The van der Waals surface area contributed by atoms with Gasteiger partial charge in [-0.25, -0.2) is 0 Å². The second-order valence-corrected chi connectivity index (χ2v) is 4.03. The van der Waals surface area contributed by atoms with Crippen LogP contribution < -0.4 is 5.73 Å². The molecule has 0 atom stereocenters. The van der Waals surface area contributed by atoms with E-state index in [4.69, 9.17) is 5.73 Å². The van der Waals surface area contributed by atoms with Crippen molar-refractivity contribution in [3.63, 3.8) is 0 Å². The molecule has 0 aliphatic carbocycles. The van der Waals surface area contributed by atoms with Gasteiger partial charge in [0.25, 0.3) is 0 Å². The zero-order valence-electron chi connectivity index (χ0n) is 9.99. The van der Waals surface area contributed by atoms with E-state index in [0.29, 0.717) is 0 Å².